The molecular weight excluding hydrogens is 238 g/mol. The van der Waals surface area contributed by atoms with Crippen LogP contribution < -0.4 is 9.82 Å². The molecule has 0 amide bonds. The Morgan fingerprint density at radius 2 is 2.13 bits per heavy atom. The maximum absolute atomic E-state index is 4.18. The molecule has 1 heterocycles. The molecule has 86 valence electrons. The molecule has 0 bridgehead atoms. The first-order chi connectivity index (χ1) is 7.10. The Morgan fingerprint density at radius 1 is 1.40 bits per heavy atom. The van der Waals surface area contributed by atoms with E-state index < -0.39 is 8.07 Å². The van der Waals surface area contributed by atoms with E-state index >= 15 is 0 Å². The van der Waals surface area contributed by atoms with Gasteiger partial charge in [0.1, 0.15) is 0 Å². The third-order valence-corrected chi connectivity index (χ3v) is 9.16. The highest BCUT2D eigenvalue weighted by Crippen LogP contribution is 2.16. The largest absolute Gasteiger partial charge is 0.311 e. The minimum Gasteiger partial charge on any atom is -0.311 e. The molecule has 1 aromatic rings. The Kier molecular flexibility index (Phi) is 5.39. The second kappa shape index (κ2) is 6.08. The number of rotatable bonds is 6. The molecule has 0 spiro atoms. The third kappa shape index (κ3) is 3.94. The molecule has 1 rings (SSSR count). The van der Waals surface area contributed by atoms with Gasteiger partial charge in [-0.25, -0.2) is 0 Å². The predicted molar refractivity (Wildman–Crippen MR) is 77.5 cm³/mol. The van der Waals surface area contributed by atoms with Crippen molar-refractivity contribution in [2.75, 3.05) is 12.3 Å². The number of thiophene rings is 1. The molecule has 0 aliphatic heterocycles. The van der Waals surface area contributed by atoms with Gasteiger partial charge >= 0.3 is 0 Å². The van der Waals surface area contributed by atoms with Crippen molar-refractivity contribution in [1.29, 1.82) is 0 Å². The fraction of sp³-hybridized carbons (Fsp3) is 0.636. The minimum atomic E-state index is -1.10. The lowest BCUT2D eigenvalue weighted by molar-refractivity contribution is 0.742. The predicted octanol–water partition coefficient (Wildman–Crippen LogP) is 2.70. The summed E-state index contributed by atoms with van der Waals surface area (Å²) in [5, 5.41) is 3.38. The molecule has 0 aliphatic rings. The third-order valence-electron chi connectivity index (χ3n) is 2.80. The Labute approximate surface area is 104 Å². The van der Waals surface area contributed by atoms with E-state index in [2.05, 4.69) is 50.1 Å². The summed E-state index contributed by atoms with van der Waals surface area (Å²) in [6, 6.07) is 5.94. The van der Waals surface area contributed by atoms with Gasteiger partial charge in [0.05, 0.1) is 8.07 Å². The second-order valence-electron chi connectivity index (χ2n) is 4.40. The quantitative estimate of drug-likeness (QED) is 0.455. The molecule has 0 unspecified atom stereocenters. The van der Waals surface area contributed by atoms with Gasteiger partial charge in [-0.3, -0.25) is 0 Å². The molecule has 15 heavy (non-hydrogen) atoms. The molecule has 0 saturated heterocycles. The van der Waals surface area contributed by atoms with Crippen LogP contribution in [0.5, 0.6) is 0 Å². The standard InChI is InChI=1S/C11H21NS2Si/c1-4-15(2,3)11-6-5-10(14-11)9-12-7-8-13/h5-6,12-13H,4,7-9H2,1-3H3. The van der Waals surface area contributed by atoms with E-state index in [0.717, 1.165) is 18.8 Å². The van der Waals surface area contributed by atoms with E-state index in [-0.39, 0.29) is 0 Å². The molecule has 4 heteroatoms. The van der Waals surface area contributed by atoms with Crippen molar-refractivity contribution in [2.24, 2.45) is 0 Å². The molecular formula is C11H21NS2Si. The average Bonchev–Trinajstić information content (AvgIpc) is 2.68. The molecule has 0 aromatic carbocycles. The topological polar surface area (TPSA) is 12.0 Å². The Hall–Kier alpha value is 0.227. The Bertz CT molecular complexity index is 297. The van der Waals surface area contributed by atoms with Gasteiger partial charge in [0, 0.05) is 23.7 Å². The van der Waals surface area contributed by atoms with Crippen LogP contribution in [-0.4, -0.2) is 20.4 Å². The Balaban J connectivity index is 2.56. The first kappa shape index (κ1) is 13.3. The summed E-state index contributed by atoms with van der Waals surface area (Å²) in [6.45, 7) is 9.20. The first-order valence-corrected chi connectivity index (χ1v) is 10.2. The van der Waals surface area contributed by atoms with Crippen LogP contribution in [0.4, 0.5) is 0 Å². The molecule has 0 aliphatic carbocycles. The lowest BCUT2D eigenvalue weighted by Crippen LogP contribution is -2.37. The highest BCUT2D eigenvalue weighted by molar-refractivity contribution is 7.80. The van der Waals surface area contributed by atoms with Crippen molar-refractivity contribution < 1.29 is 0 Å². The zero-order valence-corrected chi connectivity index (χ0v) is 12.5. The smallest absolute Gasteiger partial charge is 0.0931 e. The fourth-order valence-electron chi connectivity index (χ4n) is 1.30. The summed E-state index contributed by atoms with van der Waals surface area (Å²) in [5.74, 6) is 0.910. The lowest BCUT2D eigenvalue weighted by Gasteiger charge is -2.17. The van der Waals surface area contributed by atoms with E-state index in [1.807, 2.05) is 11.3 Å². The van der Waals surface area contributed by atoms with E-state index in [4.69, 9.17) is 0 Å². The van der Waals surface area contributed by atoms with Gasteiger partial charge in [-0.05, 0) is 10.6 Å². The van der Waals surface area contributed by atoms with Crippen LogP contribution >= 0.6 is 24.0 Å². The summed E-state index contributed by atoms with van der Waals surface area (Å²) in [6.07, 6.45) is 0. The van der Waals surface area contributed by atoms with Gasteiger partial charge < -0.3 is 5.32 Å². The molecule has 0 radical (unpaired) electrons. The van der Waals surface area contributed by atoms with Gasteiger partial charge in [0.15, 0.2) is 0 Å². The van der Waals surface area contributed by atoms with Crippen LogP contribution in [0.15, 0.2) is 12.1 Å². The van der Waals surface area contributed by atoms with E-state index in [0.29, 0.717) is 0 Å². The average molecular weight is 260 g/mol. The molecule has 0 atom stereocenters. The van der Waals surface area contributed by atoms with Crippen molar-refractivity contribution in [1.82, 2.24) is 5.32 Å². The summed E-state index contributed by atoms with van der Waals surface area (Å²) in [7, 11) is -1.10. The highest BCUT2D eigenvalue weighted by atomic mass is 32.1. The first-order valence-electron chi connectivity index (χ1n) is 5.51. The van der Waals surface area contributed by atoms with Crippen LogP contribution in [0.2, 0.25) is 19.1 Å². The minimum absolute atomic E-state index is 0.910. The maximum atomic E-state index is 4.18. The van der Waals surface area contributed by atoms with Crippen molar-refractivity contribution in [2.45, 2.75) is 32.6 Å². The van der Waals surface area contributed by atoms with Crippen LogP contribution in [0, 0.1) is 0 Å². The second-order valence-corrected chi connectivity index (χ2v) is 11.4. The summed E-state index contributed by atoms with van der Waals surface area (Å²) < 4.78 is 1.63. The van der Waals surface area contributed by atoms with Crippen LogP contribution in [0.3, 0.4) is 0 Å². The van der Waals surface area contributed by atoms with Crippen molar-refractivity contribution >= 4 is 36.5 Å². The SMILES string of the molecule is CC[Si](C)(C)c1ccc(CNCCS)s1. The van der Waals surface area contributed by atoms with Crippen LogP contribution in [-0.2, 0) is 6.54 Å². The van der Waals surface area contributed by atoms with Gasteiger partial charge in [0.25, 0.3) is 0 Å². The van der Waals surface area contributed by atoms with Crippen molar-refractivity contribution in [3.63, 3.8) is 0 Å². The van der Waals surface area contributed by atoms with Crippen LogP contribution in [0.1, 0.15) is 11.8 Å². The molecule has 1 N–H and O–H groups in total. The van der Waals surface area contributed by atoms with Crippen LogP contribution in [0.25, 0.3) is 0 Å². The normalized spacial score (nSPS) is 12.0. The number of nitrogens with one attached hydrogen (secondary N) is 1. The molecule has 1 aromatic heterocycles. The van der Waals surface area contributed by atoms with E-state index in [9.17, 15) is 0 Å². The molecule has 0 fully saturated rings. The Morgan fingerprint density at radius 3 is 2.73 bits per heavy atom. The molecule has 0 saturated carbocycles. The monoisotopic (exact) mass is 259 g/mol. The maximum Gasteiger partial charge on any atom is 0.0931 e. The number of thiol groups is 1. The van der Waals surface area contributed by atoms with Gasteiger partial charge in [-0.15, -0.1) is 11.3 Å². The highest BCUT2D eigenvalue weighted by Gasteiger charge is 2.22. The van der Waals surface area contributed by atoms with Gasteiger partial charge in [-0.1, -0.05) is 32.1 Å². The van der Waals surface area contributed by atoms with E-state index in [1.54, 1.807) is 4.50 Å². The summed E-state index contributed by atoms with van der Waals surface area (Å²) >= 11 is 6.17. The zero-order valence-electron chi connectivity index (χ0n) is 9.84. The number of hydrogen-bond acceptors (Lipinski definition) is 3. The summed E-state index contributed by atoms with van der Waals surface area (Å²) in [4.78, 5) is 1.46. The fourth-order valence-corrected chi connectivity index (χ4v) is 5.00. The summed E-state index contributed by atoms with van der Waals surface area (Å²) in [5.41, 5.74) is 0. The van der Waals surface area contributed by atoms with Crippen molar-refractivity contribution in [3.05, 3.63) is 17.0 Å². The zero-order chi connectivity index (χ0) is 11.3. The van der Waals surface area contributed by atoms with E-state index in [1.165, 1.54) is 10.9 Å². The number of hydrogen-bond donors (Lipinski definition) is 2. The molecule has 1 nitrogen and oxygen atoms in total. The van der Waals surface area contributed by atoms with Gasteiger partial charge in [0.2, 0.25) is 0 Å². The van der Waals surface area contributed by atoms with Crippen molar-refractivity contribution in [3.8, 4) is 0 Å². The van der Waals surface area contributed by atoms with Gasteiger partial charge in [-0.2, -0.15) is 12.6 Å². The lowest BCUT2D eigenvalue weighted by atomic mass is 10.4.